The summed E-state index contributed by atoms with van der Waals surface area (Å²) in [4.78, 5) is 0. The first-order valence-electron chi connectivity index (χ1n) is 6.72. The Kier molecular flexibility index (Phi) is 4.22. The number of hydrogen-bond donors (Lipinski definition) is 2. The first-order valence-corrected chi connectivity index (χ1v) is 6.72. The van der Waals surface area contributed by atoms with Gasteiger partial charge in [-0.25, -0.2) is 0 Å². The van der Waals surface area contributed by atoms with E-state index in [0.717, 1.165) is 25.8 Å². The monoisotopic (exact) mass is 227 g/mol. The highest BCUT2D eigenvalue weighted by Gasteiger charge is 2.33. The molecule has 0 radical (unpaired) electrons. The van der Waals surface area contributed by atoms with E-state index >= 15 is 0 Å². The van der Waals surface area contributed by atoms with Gasteiger partial charge in [-0.3, -0.25) is 0 Å². The van der Waals surface area contributed by atoms with Crippen LogP contribution < -0.4 is 5.32 Å². The summed E-state index contributed by atoms with van der Waals surface area (Å²) in [6.07, 6.45) is 9.54. The molecule has 0 aliphatic heterocycles. The van der Waals surface area contributed by atoms with Crippen LogP contribution in [-0.2, 0) is 4.74 Å². The zero-order valence-electron chi connectivity index (χ0n) is 10.4. The second-order valence-electron chi connectivity index (χ2n) is 5.48. The second kappa shape index (κ2) is 5.48. The van der Waals surface area contributed by atoms with Crippen LogP contribution in [0.1, 0.15) is 51.4 Å². The lowest BCUT2D eigenvalue weighted by Gasteiger charge is -2.34. The van der Waals surface area contributed by atoms with Gasteiger partial charge in [-0.1, -0.05) is 25.7 Å². The molecule has 2 N–H and O–H groups in total. The third-order valence-corrected chi connectivity index (χ3v) is 4.23. The molecule has 2 rings (SSSR count). The highest BCUT2D eigenvalue weighted by atomic mass is 16.5. The van der Waals surface area contributed by atoms with Gasteiger partial charge in [0.15, 0.2) is 0 Å². The van der Waals surface area contributed by atoms with Crippen molar-refractivity contribution in [2.24, 2.45) is 0 Å². The molecule has 0 saturated heterocycles. The maximum absolute atomic E-state index is 10.3. The van der Waals surface area contributed by atoms with Crippen LogP contribution in [0.3, 0.4) is 0 Å². The topological polar surface area (TPSA) is 41.5 Å². The summed E-state index contributed by atoms with van der Waals surface area (Å²) in [6, 6.07) is 0.448. The van der Waals surface area contributed by atoms with Gasteiger partial charge in [0.1, 0.15) is 0 Å². The van der Waals surface area contributed by atoms with Crippen molar-refractivity contribution in [3.05, 3.63) is 0 Å². The molecule has 0 spiro atoms. The quantitative estimate of drug-likeness (QED) is 0.770. The van der Waals surface area contributed by atoms with Crippen molar-refractivity contribution in [3.8, 4) is 0 Å². The minimum Gasteiger partial charge on any atom is -0.389 e. The van der Waals surface area contributed by atoms with Crippen LogP contribution in [-0.4, -0.2) is 36.5 Å². The third kappa shape index (κ3) is 2.96. The van der Waals surface area contributed by atoms with E-state index < -0.39 is 5.60 Å². The van der Waals surface area contributed by atoms with Gasteiger partial charge in [0, 0.05) is 19.7 Å². The molecule has 2 atom stereocenters. The van der Waals surface area contributed by atoms with Crippen molar-refractivity contribution < 1.29 is 9.84 Å². The van der Waals surface area contributed by atoms with Crippen LogP contribution in [0.15, 0.2) is 0 Å². The van der Waals surface area contributed by atoms with Crippen molar-refractivity contribution in [3.63, 3.8) is 0 Å². The number of rotatable bonds is 4. The number of aliphatic hydroxyl groups is 1. The Morgan fingerprint density at radius 3 is 2.56 bits per heavy atom. The zero-order chi connectivity index (χ0) is 11.4. The second-order valence-corrected chi connectivity index (χ2v) is 5.48. The SMILES string of the molecule is COC1CCCCC1NCC1(O)CCCC1. The molecule has 2 saturated carbocycles. The van der Waals surface area contributed by atoms with Gasteiger partial charge in [-0.2, -0.15) is 0 Å². The fourth-order valence-corrected chi connectivity index (χ4v) is 3.14. The summed E-state index contributed by atoms with van der Waals surface area (Å²) >= 11 is 0. The van der Waals surface area contributed by atoms with Crippen molar-refractivity contribution >= 4 is 0 Å². The third-order valence-electron chi connectivity index (χ3n) is 4.23. The molecule has 0 bridgehead atoms. The first-order chi connectivity index (χ1) is 7.73. The Bertz CT molecular complexity index is 214. The van der Waals surface area contributed by atoms with Crippen molar-refractivity contribution in [2.45, 2.75) is 69.1 Å². The smallest absolute Gasteiger partial charge is 0.0771 e. The van der Waals surface area contributed by atoms with E-state index in [1.54, 1.807) is 7.11 Å². The predicted octanol–water partition coefficient (Wildman–Crippen LogP) is 1.84. The molecule has 2 aliphatic rings. The van der Waals surface area contributed by atoms with Crippen LogP contribution in [0, 0.1) is 0 Å². The van der Waals surface area contributed by atoms with Gasteiger partial charge >= 0.3 is 0 Å². The maximum Gasteiger partial charge on any atom is 0.0771 e. The fourth-order valence-electron chi connectivity index (χ4n) is 3.14. The fraction of sp³-hybridized carbons (Fsp3) is 1.00. The van der Waals surface area contributed by atoms with E-state index in [2.05, 4.69) is 5.32 Å². The molecule has 0 aromatic rings. The molecular formula is C13H25NO2. The standard InChI is InChI=1S/C13H25NO2/c1-16-12-7-3-2-6-11(12)14-10-13(15)8-4-5-9-13/h11-12,14-15H,2-10H2,1H3. The Labute approximate surface area is 98.6 Å². The number of methoxy groups -OCH3 is 1. The highest BCUT2D eigenvalue weighted by Crippen LogP contribution is 2.29. The van der Waals surface area contributed by atoms with E-state index in [1.807, 2.05) is 0 Å². The van der Waals surface area contributed by atoms with Crippen LogP contribution in [0.4, 0.5) is 0 Å². The van der Waals surface area contributed by atoms with Crippen molar-refractivity contribution in [2.75, 3.05) is 13.7 Å². The molecule has 0 heterocycles. The summed E-state index contributed by atoms with van der Waals surface area (Å²) in [5.74, 6) is 0. The van der Waals surface area contributed by atoms with Gasteiger partial charge in [-0.15, -0.1) is 0 Å². The predicted molar refractivity (Wildman–Crippen MR) is 64.5 cm³/mol. The number of hydrogen-bond acceptors (Lipinski definition) is 3. The molecule has 2 unspecified atom stereocenters. The number of ether oxygens (including phenoxy) is 1. The molecule has 3 heteroatoms. The largest absolute Gasteiger partial charge is 0.389 e. The summed E-state index contributed by atoms with van der Waals surface area (Å²) < 4.78 is 5.51. The Hall–Kier alpha value is -0.120. The molecule has 2 aliphatic carbocycles. The maximum atomic E-state index is 10.3. The number of nitrogens with one attached hydrogen (secondary N) is 1. The normalized spacial score (nSPS) is 34.1. The minimum absolute atomic E-state index is 0.346. The molecule has 3 nitrogen and oxygen atoms in total. The molecule has 2 fully saturated rings. The van der Waals surface area contributed by atoms with Gasteiger partial charge in [0.25, 0.3) is 0 Å². The van der Waals surface area contributed by atoms with Crippen LogP contribution in [0.5, 0.6) is 0 Å². The summed E-state index contributed by atoms with van der Waals surface area (Å²) in [5, 5.41) is 13.8. The lowest BCUT2D eigenvalue weighted by molar-refractivity contribution is 0.0135. The molecule has 0 aromatic carbocycles. The van der Waals surface area contributed by atoms with Crippen molar-refractivity contribution in [1.29, 1.82) is 0 Å². The Morgan fingerprint density at radius 2 is 1.88 bits per heavy atom. The average molecular weight is 227 g/mol. The van der Waals surface area contributed by atoms with E-state index in [0.29, 0.717) is 12.1 Å². The van der Waals surface area contributed by atoms with E-state index in [9.17, 15) is 5.11 Å². The van der Waals surface area contributed by atoms with Gasteiger partial charge in [-0.05, 0) is 25.7 Å². The summed E-state index contributed by atoms with van der Waals surface area (Å²) in [7, 11) is 1.80. The first kappa shape index (κ1) is 12.3. The van der Waals surface area contributed by atoms with Crippen LogP contribution >= 0.6 is 0 Å². The van der Waals surface area contributed by atoms with Gasteiger partial charge in [0.2, 0.25) is 0 Å². The molecule has 94 valence electrons. The zero-order valence-corrected chi connectivity index (χ0v) is 10.4. The lowest BCUT2D eigenvalue weighted by atomic mass is 9.91. The average Bonchev–Trinajstić information content (AvgIpc) is 2.74. The minimum atomic E-state index is -0.435. The summed E-state index contributed by atoms with van der Waals surface area (Å²) in [6.45, 7) is 0.748. The summed E-state index contributed by atoms with van der Waals surface area (Å²) in [5.41, 5.74) is -0.435. The molecule has 0 amide bonds. The van der Waals surface area contributed by atoms with E-state index in [-0.39, 0.29) is 0 Å². The molecular weight excluding hydrogens is 202 g/mol. The van der Waals surface area contributed by atoms with Crippen LogP contribution in [0.25, 0.3) is 0 Å². The molecule has 0 aromatic heterocycles. The van der Waals surface area contributed by atoms with Gasteiger partial charge < -0.3 is 15.2 Å². The van der Waals surface area contributed by atoms with Crippen molar-refractivity contribution in [1.82, 2.24) is 5.32 Å². The van der Waals surface area contributed by atoms with Crippen LogP contribution in [0.2, 0.25) is 0 Å². The Balaban J connectivity index is 1.79. The van der Waals surface area contributed by atoms with E-state index in [1.165, 1.54) is 32.1 Å². The van der Waals surface area contributed by atoms with Gasteiger partial charge in [0.05, 0.1) is 11.7 Å². The molecule has 16 heavy (non-hydrogen) atoms. The Morgan fingerprint density at radius 1 is 1.19 bits per heavy atom. The highest BCUT2D eigenvalue weighted by molar-refractivity contribution is 4.90. The lowest BCUT2D eigenvalue weighted by Crippen LogP contribution is -2.49. The van der Waals surface area contributed by atoms with E-state index in [4.69, 9.17) is 4.74 Å².